The summed E-state index contributed by atoms with van der Waals surface area (Å²) >= 11 is 0. The molecule has 0 atom stereocenters. The molecule has 0 spiro atoms. The summed E-state index contributed by atoms with van der Waals surface area (Å²) in [7, 11) is -2.10. The zero-order chi connectivity index (χ0) is 11.9. The topological polar surface area (TPSA) is 0 Å². The lowest BCUT2D eigenvalue weighted by Crippen LogP contribution is -2.30. The third-order valence-electron chi connectivity index (χ3n) is 3.39. The number of rotatable bonds is 2. The van der Waals surface area contributed by atoms with Crippen molar-refractivity contribution in [3.63, 3.8) is 0 Å². The molecule has 0 heterocycles. The molecule has 0 fully saturated rings. The second-order valence-corrected chi connectivity index (χ2v) is 17.1. The van der Waals surface area contributed by atoms with E-state index in [0.717, 1.165) is 0 Å². The highest BCUT2D eigenvalue weighted by molar-refractivity contribution is 6.84. The van der Waals surface area contributed by atoms with E-state index in [-0.39, 0.29) is 0 Å². The first kappa shape index (κ1) is 13.0. The second kappa shape index (κ2) is 4.06. The fourth-order valence-corrected chi connectivity index (χ4v) is 5.97. The van der Waals surface area contributed by atoms with E-state index in [4.69, 9.17) is 0 Å². The smallest absolute Gasteiger partial charge is 0.0727 e. The van der Waals surface area contributed by atoms with E-state index in [1.165, 1.54) is 12.8 Å². The summed E-state index contributed by atoms with van der Waals surface area (Å²) in [5.41, 5.74) is 1.69. The minimum absolute atomic E-state index is 1.04. The Hall–Kier alpha value is -0.0862. The molecule has 0 bridgehead atoms. The van der Waals surface area contributed by atoms with Crippen molar-refractivity contribution in [3.8, 4) is 0 Å². The molecule has 0 saturated carbocycles. The minimum Gasteiger partial charge on any atom is -0.0852 e. The van der Waals surface area contributed by atoms with Crippen molar-refractivity contribution in [1.29, 1.82) is 0 Å². The number of hydrogen-bond acceptors (Lipinski definition) is 0. The van der Waals surface area contributed by atoms with Gasteiger partial charge in [-0.3, -0.25) is 0 Å². The molecule has 0 aromatic carbocycles. The van der Waals surface area contributed by atoms with Crippen LogP contribution in [0.25, 0.3) is 0 Å². The Labute approximate surface area is 97.5 Å². The van der Waals surface area contributed by atoms with E-state index >= 15 is 0 Å². The number of allylic oxidation sites excluding steroid dienone is 4. The molecule has 1 rings (SSSR count). The first-order chi connectivity index (χ1) is 6.62. The van der Waals surface area contributed by atoms with Gasteiger partial charge >= 0.3 is 0 Å². The van der Waals surface area contributed by atoms with Crippen LogP contribution in [0.3, 0.4) is 0 Å². The Morgan fingerprint density at radius 3 is 1.80 bits per heavy atom. The maximum Gasteiger partial charge on any atom is 0.0727 e. The van der Waals surface area contributed by atoms with Crippen LogP contribution < -0.4 is 0 Å². The van der Waals surface area contributed by atoms with Crippen LogP contribution in [0.1, 0.15) is 19.8 Å². The summed E-state index contributed by atoms with van der Waals surface area (Å²) < 4.78 is 0. The zero-order valence-electron chi connectivity index (χ0n) is 11.5. The van der Waals surface area contributed by atoms with Crippen molar-refractivity contribution >= 4 is 16.1 Å². The summed E-state index contributed by atoms with van der Waals surface area (Å²) in [6.07, 6.45) is 5.07. The fraction of sp³-hybridized carbons (Fsp3) is 0.692. The van der Waals surface area contributed by atoms with Gasteiger partial charge in [-0.25, -0.2) is 0 Å². The predicted molar refractivity (Wildman–Crippen MR) is 76.7 cm³/mol. The molecule has 0 amide bonds. The van der Waals surface area contributed by atoms with Crippen LogP contribution in [0, 0.1) is 0 Å². The Balaban J connectivity index is 2.90. The molecular weight excluding hydrogens is 212 g/mol. The van der Waals surface area contributed by atoms with E-state index in [1.807, 2.05) is 0 Å². The van der Waals surface area contributed by atoms with E-state index in [1.54, 1.807) is 16.0 Å². The van der Waals surface area contributed by atoms with Crippen molar-refractivity contribution in [2.24, 2.45) is 0 Å². The molecule has 0 N–H and O–H groups in total. The highest BCUT2D eigenvalue weighted by atomic mass is 28.3. The normalized spacial score (nSPS) is 19.3. The largest absolute Gasteiger partial charge is 0.0852 e. The Bertz CT molecular complexity index is 308. The lowest BCUT2D eigenvalue weighted by molar-refractivity contribution is 1.05. The maximum atomic E-state index is 2.55. The second-order valence-electron chi connectivity index (χ2n) is 6.87. The maximum absolute atomic E-state index is 2.55. The molecule has 86 valence electrons. The Morgan fingerprint density at radius 1 is 0.933 bits per heavy atom. The first-order valence-electron chi connectivity index (χ1n) is 6.01. The van der Waals surface area contributed by atoms with Crippen LogP contribution in [0.4, 0.5) is 0 Å². The van der Waals surface area contributed by atoms with E-state index in [9.17, 15) is 0 Å². The van der Waals surface area contributed by atoms with Crippen molar-refractivity contribution in [2.45, 2.75) is 59.0 Å². The molecule has 0 aromatic heterocycles. The molecular formula is C13H26Si2. The fourth-order valence-electron chi connectivity index (χ4n) is 2.38. The van der Waals surface area contributed by atoms with Gasteiger partial charge in [-0.15, -0.1) is 0 Å². The number of hydrogen-bond donors (Lipinski definition) is 0. The van der Waals surface area contributed by atoms with Crippen LogP contribution in [-0.4, -0.2) is 16.1 Å². The molecule has 0 nitrogen and oxygen atoms in total. The lowest BCUT2D eigenvalue weighted by Gasteiger charge is -2.31. The molecule has 0 unspecified atom stereocenters. The average Bonchev–Trinajstić information content (AvgIpc) is 1.99. The summed E-state index contributed by atoms with van der Waals surface area (Å²) in [5.74, 6) is 0. The lowest BCUT2D eigenvalue weighted by atomic mass is 10.1. The molecule has 0 aromatic rings. The first-order valence-corrected chi connectivity index (χ1v) is 13.0. The summed E-state index contributed by atoms with van der Waals surface area (Å²) in [6, 6.07) is 0. The van der Waals surface area contributed by atoms with Gasteiger partial charge in [-0.2, -0.15) is 0 Å². The van der Waals surface area contributed by atoms with Crippen molar-refractivity contribution in [3.05, 3.63) is 22.0 Å². The average molecular weight is 239 g/mol. The third-order valence-corrected chi connectivity index (χ3v) is 8.14. The van der Waals surface area contributed by atoms with Gasteiger partial charge in [0.2, 0.25) is 0 Å². The van der Waals surface area contributed by atoms with Gasteiger partial charge in [0.25, 0.3) is 0 Å². The van der Waals surface area contributed by atoms with E-state index < -0.39 is 16.1 Å². The summed E-state index contributed by atoms with van der Waals surface area (Å²) in [4.78, 5) is 0. The van der Waals surface area contributed by atoms with Crippen molar-refractivity contribution in [2.75, 3.05) is 0 Å². The molecule has 1 aliphatic carbocycles. The molecule has 0 saturated heterocycles. The molecule has 2 heteroatoms. The highest BCUT2D eigenvalue weighted by Gasteiger charge is 2.27. The van der Waals surface area contributed by atoms with Gasteiger partial charge in [0.15, 0.2) is 0 Å². The molecule has 0 aliphatic heterocycles. The van der Waals surface area contributed by atoms with E-state index in [2.05, 4.69) is 52.3 Å². The summed E-state index contributed by atoms with van der Waals surface area (Å²) in [6.45, 7) is 17.2. The third kappa shape index (κ3) is 3.18. The Morgan fingerprint density at radius 2 is 1.47 bits per heavy atom. The van der Waals surface area contributed by atoms with Crippen molar-refractivity contribution < 1.29 is 0 Å². The van der Waals surface area contributed by atoms with Gasteiger partial charge in [-0.1, -0.05) is 61.3 Å². The highest BCUT2D eigenvalue weighted by Crippen LogP contribution is 2.34. The SMILES string of the molecule is CC1=C([Si](C)(C)C)CC=C([Si](C)(C)C)C1. The van der Waals surface area contributed by atoms with Crippen LogP contribution in [-0.2, 0) is 0 Å². The Kier molecular flexibility index (Phi) is 3.51. The van der Waals surface area contributed by atoms with Gasteiger partial charge < -0.3 is 0 Å². The molecule has 1 aliphatic rings. The van der Waals surface area contributed by atoms with Gasteiger partial charge in [0, 0.05) is 0 Å². The van der Waals surface area contributed by atoms with Crippen molar-refractivity contribution in [1.82, 2.24) is 0 Å². The monoisotopic (exact) mass is 238 g/mol. The standard InChI is InChI=1S/C13H26Si2/c1-11-10-12(14(2,3)4)8-9-13(11)15(5,6)7/h8H,9-10H2,1-7H3. The van der Waals surface area contributed by atoms with Crippen LogP contribution in [0.15, 0.2) is 22.0 Å². The minimum atomic E-state index is -1.06. The summed E-state index contributed by atoms with van der Waals surface area (Å²) in [5, 5.41) is 3.56. The van der Waals surface area contributed by atoms with Gasteiger partial charge in [0.05, 0.1) is 16.1 Å². The van der Waals surface area contributed by atoms with E-state index in [0.29, 0.717) is 0 Å². The van der Waals surface area contributed by atoms with Crippen LogP contribution in [0.2, 0.25) is 39.3 Å². The molecule has 15 heavy (non-hydrogen) atoms. The van der Waals surface area contributed by atoms with Gasteiger partial charge in [0.1, 0.15) is 0 Å². The van der Waals surface area contributed by atoms with Gasteiger partial charge in [-0.05, 0) is 19.8 Å². The zero-order valence-corrected chi connectivity index (χ0v) is 13.5. The predicted octanol–water partition coefficient (Wildman–Crippen LogP) is 4.78. The van der Waals surface area contributed by atoms with Crippen LogP contribution in [0.5, 0.6) is 0 Å². The van der Waals surface area contributed by atoms with Crippen LogP contribution >= 0.6 is 0 Å². The molecule has 0 radical (unpaired) electrons. The quantitative estimate of drug-likeness (QED) is 0.608.